The van der Waals surface area contributed by atoms with Crippen LogP contribution >= 0.6 is 11.6 Å². The van der Waals surface area contributed by atoms with Crippen molar-refractivity contribution in [2.45, 2.75) is 30.4 Å². The molecule has 0 N–H and O–H groups in total. The van der Waals surface area contributed by atoms with Crippen molar-refractivity contribution < 1.29 is 13.2 Å². The molecule has 0 fully saturated rings. The van der Waals surface area contributed by atoms with Crippen LogP contribution in [0.4, 0.5) is 0 Å². The van der Waals surface area contributed by atoms with Gasteiger partial charge in [-0.25, -0.2) is 8.42 Å². The number of benzene rings is 1. The lowest BCUT2D eigenvalue weighted by Crippen LogP contribution is -2.20. The van der Waals surface area contributed by atoms with Crippen LogP contribution in [0.2, 0.25) is 5.02 Å². The van der Waals surface area contributed by atoms with Crippen LogP contribution in [-0.4, -0.2) is 19.5 Å². The second kappa shape index (κ2) is 4.97. The van der Waals surface area contributed by atoms with Crippen LogP contribution < -0.4 is 0 Å². The SMILES string of the molecule is CC(=O)CC(C)S(=O)(=O)c1ccc(Cl)cc1. The number of carbonyl (C=O) groups excluding carboxylic acids is 1. The Morgan fingerprint density at radius 3 is 2.25 bits per heavy atom. The molecule has 1 aromatic carbocycles. The van der Waals surface area contributed by atoms with E-state index in [4.69, 9.17) is 11.6 Å². The topological polar surface area (TPSA) is 51.2 Å². The molecule has 0 heterocycles. The van der Waals surface area contributed by atoms with Gasteiger partial charge < -0.3 is 0 Å². The van der Waals surface area contributed by atoms with Crippen LogP contribution in [0.1, 0.15) is 20.3 Å². The standard InChI is InChI=1S/C11H13ClO3S/c1-8(13)7-9(2)16(14,15)11-5-3-10(12)4-6-11/h3-6,9H,7H2,1-2H3. The molecule has 0 spiro atoms. The number of halogens is 1. The van der Waals surface area contributed by atoms with Crippen molar-refractivity contribution >= 4 is 27.2 Å². The van der Waals surface area contributed by atoms with E-state index in [1.807, 2.05) is 0 Å². The van der Waals surface area contributed by atoms with E-state index in [1.54, 1.807) is 0 Å². The zero-order valence-corrected chi connectivity index (χ0v) is 10.7. The molecule has 0 aliphatic carbocycles. The summed E-state index contributed by atoms with van der Waals surface area (Å²) in [5.74, 6) is -0.134. The molecule has 0 amide bonds. The Kier molecular flexibility index (Phi) is 4.10. The molecule has 1 atom stereocenters. The molecule has 0 radical (unpaired) electrons. The van der Waals surface area contributed by atoms with Crippen LogP contribution in [0.3, 0.4) is 0 Å². The van der Waals surface area contributed by atoms with Crippen LogP contribution in [0.5, 0.6) is 0 Å². The van der Waals surface area contributed by atoms with Gasteiger partial charge >= 0.3 is 0 Å². The monoisotopic (exact) mass is 260 g/mol. The van der Waals surface area contributed by atoms with Gasteiger partial charge in [0.25, 0.3) is 0 Å². The molecule has 0 aliphatic rings. The molecule has 0 bridgehead atoms. The predicted molar refractivity (Wildman–Crippen MR) is 63.4 cm³/mol. The number of rotatable bonds is 4. The highest BCUT2D eigenvalue weighted by atomic mass is 35.5. The van der Waals surface area contributed by atoms with E-state index < -0.39 is 15.1 Å². The smallest absolute Gasteiger partial charge is 0.181 e. The second-order valence-corrected chi connectivity index (χ2v) is 6.52. The van der Waals surface area contributed by atoms with Crippen LogP contribution in [0, 0.1) is 0 Å². The first-order chi connectivity index (χ1) is 7.34. The van der Waals surface area contributed by atoms with E-state index in [1.165, 1.54) is 38.1 Å². The summed E-state index contributed by atoms with van der Waals surface area (Å²) >= 11 is 5.68. The molecule has 0 aromatic heterocycles. The molecule has 0 aliphatic heterocycles. The number of sulfone groups is 1. The van der Waals surface area contributed by atoms with Gasteiger partial charge in [0.15, 0.2) is 9.84 Å². The fraction of sp³-hybridized carbons (Fsp3) is 0.364. The largest absolute Gasteiger partial charge is 0.300 e. The van der Waals surface area contributed by atoms with Gasteiger partial charge in [-0.1, -0.05) is 11.6 Å². The first-order valence-electron chi connectivity index (χ1n) is 4.83. The maximum Gasteiger partial charge on any atom is 0.181 e. The Hall–Kier alpha value is -0.870. The molecular weight excluding hydrogens is 248 g/mol. The Morgan fingerprint density at radius 1 is 1.31 bits per heavy atom. The number of carbonyl (C=O) groups is 1. The van der Waals surface area contributed by atoms with E-state index in [0.29, 0.717) is 5.02 Å². The maximum atomic E-state index is 12.0. The molecule has 5 heteroatoms. The fourth-order valence-corrected chi connectivity index (χ4v) is 2.93. The van der Waals surface area contributed by atoms with Crippen molar-refractivity contribution in [1.29, 1.82) is 0 Å². The van der Waals surface area contributed by atoms with Gasteiger partial charge in [-0.05, 0) is 38.1 Å². The lowest BCUT2D eigenvalue weighted by atomic mass is 10.2. The first kappa shape index (κ1) is 13.2. The summed E-state index contributed by atoms with van der Waals surface area (Å²) in [4.78, 5) is 11.1. The predicted octanol–water partition coefficient (Wildman–Crippen LogP) is 2.48. The molecule has 1 aromatic rings. The minimum absolute atomic E-state index is 0.0327. The molecule has 88 valence electrons. The number of hydrogen-bond acceptors (Lipinski definition) is 3. The van der Waals surface area contributed by atoms with Crippen molar-refractivity contribution in [3.05, 3.63) is 29.3 Å². The molecule has 3 nitrogen and oxygen atoms in total. The van der Waals surface area contributed by atoms with E-state index in [0.717, 1.165) is 0 Å². The van der Waals surface area contributed by atoms with Crippen molar-refractivity contribution in [3.63, 3.8) is 0 Å². The minimum Gasteiger partial charge on any atom is -0.300 e. The third kappa shape index (κ3) is 3.06. The van der Waals surface area contributed by atoms with Crippen LogP contribution in [0.15, 0.2) is 29.2 Å². The summed E-state index contributed by atoms with van der Waals surface area (Å²) in [5.41, 5.74) is 0. The summed E-state index contributed by atoms with van der Waals surface area (Å²) in [6, 6.07) is 5.95. The lowest BCUT2D eigenvalue weighted by Gasteiger charge is -2.11. The third-order valence-corrected chi connectivity index (χ3v) is 4.65. The molecule has 16 heavy (non-hydrogen) atoms. The van der Waals surface area contributed by atoms with Gasteiger partial charge in [-0.2, -0.15) is 0 Å². The first-order valence-corrected chi connectivity index (χ1v) is 6.75. The van der Waals surface area contributed by atoms with Crippen molar-refractivity contribution in [2.75, 3.05) is 0 Å². The second-order valence-electron chi connectivity index (χ2n) is 3.72. The maximum absolute atomic E-state index is 12.0. The summed E-state index contributed by atoms with van der Waals surface area (Å²) in [6.45, 7) is 2.92. The summed E-state index contributed by atoms with van der Waals surface area (Å²) in [5, 5.41) is -0.218. The highest BCUT2D eigenvalue weighted by Crippen LogP contribution is 2.20. The Labute approximate surface area is 100 Å². The summed E-state index contributed by atoms with van der Waals surface area (Å²) in [7, 11) is -3.43. The molecular formula is C11H13ClO3S. The Morgan fingerprint density at radius 2 is 1.81 bits per heavy atom. The van der Waals surface area contributed by atoms with Gasteiger partial charge in [-0.15, -0.1) is 0 Å². The summed E-state index contributed by atoms with van der Waals surface area (Å²) in [6.07, 6.45) is 0.0327. The fourth-order valence-electron chi connectivity index (χ4n) is 1.37. The van der Waals surface area contributed by atoms with Gasteiger partial charge in [0.2, 0.25) is 0 Å². The zero-order valence-electron chi connectivity index (χ0n) is 9.10. The Balaban J connectivity index is 3.02. The van der Waals surface area contributed by atoms with Crippen LogP contribution in [-0.2, 0) is 14.6 Å². The highest BCUT2D eigenvalue weighted by molar-refractivity contribution is 7.92. The third-order valence-electron chi connectivity index (χ3n) is 2.25. The lowest BCUT2D eigenvalue weighted by molar-refractivity contribution is -0.116. The van der Waals surface area contributed by atoms with Gasteiger partial charge in [0.1, 0.15) is 5.78 Å². The highest BCUT2D eigenvalue weighted by Gasteiger charge is 2.24. The van der Waals surface area contributed by atoms with Gasteiger partial charge in [-0.3, -0.25) is 4.79 Å². The van der Waals surface area contributed by atoms with Crippen molar-refractivity contribution in [1.82, 2.24) is 0 Å². The average Bonchev–Trinajstić information content (AvgIpc) is 2.17. The molecule has 1 rings (SSSR count). The summed E-state index contributed by atoms with van der Waals surface area (Å²) < 4.78 is 24.0. The van der Waals surface area contributed by atoms with E-state index in [9.17, 15) is 13.2 Å². The van der Waals surface area contributed by atoms with Crippen molar-refractivity contribution in [2.24, 2.45) is 0 Å². The quantitative estimate of drug-likeness (QED) is 0.836. The van der Waals surface area contributed by atoms with E-state index in [2.05, 4.69) is 0 Å². The van der Waals surface area contributed by atoms with E-state index >= 15 is 0 Å². The molecule has 0 saturated carbocycles. The minimum atomic E-state index is -3.43. The normalized spacial score (nSPS) is 13.4. The average molecular weight is 261 g/mol. The molecule has 1 unspecified atom stereocenters. The van der Waals surface area contributed by atoms with Gasteiger partial charge in [0.05, 0.1) is 10.1 Å². The molecule has 0 saturated heterocycles. The van der Waals surface area contributed by atoms with Crippen LogP contribution in [0.25, 0.3) is 0 Å². The zero-order chi connectivity index (χ0) is 12.3. The van der Waals surface area contributed by atoms with E-state index in [-0.39, 0.29) is 17.1 Å². The number of ketones is 1. The van der Waals surface area contributed by atoms with Crippen molar-refractivity contribution in [3.8, 4) is 0 Å². The van der Waals surface area contributed by atoms with Gasteiger partial charge in [0, 0.05) is 11.4 Å². The Bertz CT molecular complexity index is 476. The number of Topliss-reactive ketones (excluding diaryl/α,β-unsaturated/α-hetero) is 1. The number of hydrogen-bond donors (Lipinski definition) is 0.